The first-order valence-corrected chi connectivity index (χ1v) is 15.9. The number of hydrogen-bond acceptors (Lipinski definition) is 3. The second-order valence-corrected chi connectivity index (χ2v) is 20.3. The maximum Gasteiger partial charge on any atom is 0.192 e. The van der Waals surface area contributed by atoms with Crippen LogP contribution in [0.2, 0.25) is 41.3 Å². The predicted octanol–water partition coefficient (Wildman–Crippen LogP) is 7.13. The molecule has 156 valence electrons. The highest BCUT2D eigenvalue weighted by molar-refractivity contribution is 6.74. The van der Waals surface area contributed by atoms with Crippen LogP contribution >= 0.6 is 11.6 Å². The lowest BCUT2D eigenvalue weighted by Crippen LogP contribution is -2.49. The van der Waals surface area contributed by atoms with E-state index in [0.29, 0.717) is 18.2 Å². The monoisotopic (exact) mass is 430 g/mol. The number of halogens is 1. The molecule has 0 radical (unpaired) electrons. The van der Waals surface area contributed by atoms with E-state index in [2.05, 4.69) is 67.7 Å². The lowest BCUT2D eigenvalue weighted by Gasteiger charge is -2.41. The van der Waals surface area contributed by atoms with Gasteiger partial charge in [-0.25, -0.2) is 0 Å². The van der Waals surface area contributed by atoms with Gasteiger partial charge in [0.15, 0.2) is 16.6 Å². The molecule has 0 aliphatic rings. The largest absolute Gasteiger partial charge is 0.491 e. The molecule has 0 aliphatic heterocycles. The molecule has 1 unspecified atom stereocenters. The third kappa shape index (κ3) is 7.54. The fraction of sp³-hybridized carbons (Fsp3) is 0.714. The summed E-state index contributed by atoms with van der Waals surface area (Å²) in [7, 11) is -3.77. The standard InChI is InChI=1S/C21H39ClO3Si2/c1-20(2,3)26(7,8)24-16-19(25-27(9,10)21(4,5)6)15-23-18-13-11-17(22)12-14-18/h11-14,19H,15-16H2,1-10H3. The van der Waals surface area contributed by atoms with E-state index in [0.717, 1.165) is 5.75 Å². The van der Waals surface area contributed by atoms with Crippen LogP contribution in [0, 0.1) is 0 Å². The van der Waals surface area contributed by atoms with Gasteiger partial charge in [0, 0.05) is 5.02 Å². The topological polar surface area (TPSA) is 27.7 Å². The molecule has 0 bridgehead atoms. The molecule has 0 N–H and O–H groups in total. The molecule has 0 aromatic heterocycles. The van der Waals surface area contributed by atoms with E-state index in [4.69, 9.17) is 25.2 Å². The molecule has 27 heavy (non-hydrogen) atoms. The highest BCUT2D eigenvalue weighted by Crippen LogP contribution is 2.39. The zero-order valence-corrected chi connectivity index (χ0v) is 21.7. The lowest BCUT2D eigenvalue weighted by molar-refractivity contribution is 0.0653. The first-order chi connectivity index (χ1) is 12.1. The van der Waals surface area contributed by atoms with Gasteiger partial charge in [-0.05, 0) is 60.5 Å². The number of ether oxygens (including phenoxy) is 1. The van der Waals surface area contributed by atoms with Gasteiger partial charge in [0.05, 0.1) is 6.61 Å². The quantitative estimate of drug-likeness (QED) is 0.410. The van der Waals surface area contributed by atoms with E-state index >= 15 is 0 Å². The highest BCUT2D eigenvalue weighted by Gasteiger charge is 2.41. The van der Waals surface area contributed by atoms with Gasteiger partial charge in [0.2, 0.25) is 0 Å². The summed E-state index contributed by atoms with van der Waals surface area (Å²) in [6.07, 6.45) is -0.0873. The fourth-order valence-electron chi connectivity index (χ4n) is 1.95. The summed E-state index contributed by atoms with van der Waals surface area (Å²) in [4.78, 5) is 0. The van der Waals surface area contributed by atoms with Crippen molar-refractivity contribution >= 4 is 28.2 Å². The molecule has 0 saturated heterocycles. The molecular formula is C21H39ClO3Si2. The van der Waals surface area contributed by atoms with Gasteiger partial charge in [-0.15, -0.1) is 0 Å². The van der Waals surface area contributed by atoms with Crippen molar-refractivity contribution in [1.82, 2.24) is 0 Å². The van der Waals surface area contributed by atoms with Crippen molar-refractivity contribution in [3.63, 3.8) is 0 Å². The summed E-state index contributed by atoms with van der Waals surface area (Å²) in [5, 5.41) is 1.02. The van der Waals surface area contributed by atoms with Crippen molar-refractivity contribution in [1.29, 1.82) is 0 Å². The minimum absolute atomic E-state index is 0.0873. The zero-order chi connectivity index (χ0) is 21.1. The van der Waals surface area contributed by atoms with Crippen molar-refractivity contribution in [2.24, 2.45) is 0 Å². The maximum atomic E-state index is 6.64. The Morgan fingerprint density at radius 1 is 0.815 bits per heavy atom. The van der Waals surface area contributed by atoms with Crippen LogP contribution in [0.15, 0.2) is 24.3 Å². The first-order valence-electron chi connectivity index (χ1n) is 9.75. The van der Waals surface area contributed by atoms with E-state index in [1.165, 1.54) is 0 Å². The van der Waals surface area contributed by atoms with Crippen molar-refractivity contribution < 1.29 is 13.6 Å². The zero-order valence-electron chi connectivity index (χ0n) is 18.9. The van der Waals surface area contributed by atoms with Gasteiger partial charge in [-0.3, -0.25) is 0 Å². The van der Waals surface area contributed by atoms with Crippen LogP contribution in [0.4, 0.5) is 0 Å². The van der Waals surface area contributed by atoms with E-state index in [1.54, 1.807) is 0 Å². The molecule has 1 aromatic rings. The number of hydrogen-bond donors (Lipinski definition) is 0. The Kier molecular flexibility index (Phi) is 8.23. The van der Waals surface area contributed by atoms with Crippen molar-refractivity contribution in [3.8, 4) is 5.75 Å². The Hall–Kier alpha value is -0.336. The fourth-order valence-corrected chi connectivity index (χ4v) is 4.43. The Labute approximate surface area is 174 Å². The minimum atomic E-state index is -1.92. The second kappa shape index (κ2) is 8.99. The van der Waals surface area contributed by atoms with E-state index < -0.39 is 16.6 Å². The van der Waals surface area contributed by atoms with Crippen LogP contribution in [0.5, 0.6) is 5.75 Å². The Morgan fingerprint density at radius 2 is 1.30 bits per heavy atom. The Morgan fingerprint density at radius 3 is 1.74 bits per heavy atom. The molecule has 0 saturated carbocycles. The van der Waals surface area contributed by atoms with Crippen LogP contribution in [0.25, 0.3) is 0 Å². The normalized spacial score (nSPS) is 14.9. The van der Waals surface area contributed by atoms with Crippen LogP contribution in [0.3, 0.4) is 0 Å². The maximum absolute atomic E-state index is 6.64. The van der Waals surface area contributed by atoms with Gasteiger partial charge in [-0.1, -0.05) is 53.1 Å². The van der Waals surface area contributed by atoms with Gasteiger partial charge in [-0.2, -0.15) is 0 Å². The molecule has 0 amide bonds. The SMILES string of the molecule is CC(C)(C)[Si](C)(C)OCC(COc1ccc(Cl)cc1)O[Si](C)(C)C(C)(C)C. The second-order valence-electron chi connectivity index (χ2n) is 10.3. The molecule has 0 spiro atoms. The first kappa shape index (κ1) is 24.7. The average Bonchev–Trinajstić information content (AvgIpc) is 2.49. The van der Waals surface area contributed by atoms with Crippen LogP contribution in [-0.4, -0.2) is 36.0 Å². The van der Waals surface area contributed by atoms with Crippen LogP contribution in [0.1, 0.15) is 41.5 Å². The van der Waals surface area contributed by atoms with Crippen LogP contribution in [-0.2, 0) is 8.85 Å². The molecule has 3 nitrogen and oxygen atoms in total. The molecule has 1 atom stereocenters. The van der Waals surface area contributed by atoms with Crippen molar-refractivity contribution in [2.45, 2.75) is 83.9 Å². The van der Waals surface area contributed by atoms with E-state index in [1.807, 2.05) is 24.3 Å². The van der Waals surface area contributed by atoms with Crippen molar-refractivity contribution in [3.05, 3.63) is 29.3 Å². The van der Waals surface area contributed by atoms with Crippen LogP contribution < -0.4 is 4.74 Å². The highest BCUT2D eigenvalue weighted by atomic mass is 35.5. The summed E-state index contributed by atoms with van der Waals surface area (Å²) in [5.74, 6) is 0.801. The third-order valence-electron chi connectivity index (χ3n) is 5.95. The molecule has 0 fully saturated rings. The van der Waals surface area contributed by atoms with Gasteiger partial charge in [0.1, 0.15) is 18.5 Å². The Bertz CT molecular complexity index is 587. The molecular weight excluding hydrogens is 392 g/mol. The van der Waals surface area contributed by atoms with Crippen molar-refractivity contribution in [2.75, 3.05) is 13.2 Å². The number of rotatable bonds is 8. The molecule has 0 heterocycles. The molecule has 6 heteroatoms. The predicted molar refractivity (Wildman–Crippen MR) is 122 cm³/mol. The minimum Gasteiger partial charge on any atom is -0.491 e. The van der Waals surface area contributed by atoms with Gasteiger partial charge >= 0.3 is 0 Å². The smallest absolute Gasteiger partial charge is 0.192 e. The van der Waals surface area contributed by atoms with E-state index in [-0.39, 0.29) is 16.2 Å². The van der Waals surface area contributed by atoms with Gasteiger partial charge in [0.25, 0.3) is 0 Å². The molecule has 1 aromatic carbocycles. The van der Waals surface area contributed by atoms with Gasteiger partial charge < -0.3 is 13.6 Å². The molecule has 1 rings (SSSR count). The van der Waals surface area contributed by atoms with E-state index in [9.17, 15) is 0 Å². The third-order valence-corrected chi connectivity index (χ3v) is 15.2. The summed E-state index contributed by atoms with van der Waals surface area (Å²) in [5.41, 5.74) is 0. The summed E-state index contributed by atoms with van der Waals surface area (Å²) in [6.45, 7) is 23.7. The summed E-state index contributed by atoms with van der Waals surface area (Å²) < 4.78 is 19.1. The summed E-state index contributed by atoms with van der Waals surface area (Å²) in [6, 6.07) is 7.46. The average molecular weight is 431 g/mol. The lowest BCUT2D eigenvalue weighted by atomic mass is 10.2. The number of benzene rings is 1. The molecule has 0 aliphatic carbocycles. The summed E-state index contributed by atoms with van der Waals surface area (Å²) >= 11 is 5.96. The Balaban J connectivity index is 2.87.